The summed E-state index contributed by atoms with van der Waals surface area (Å²) in [7, 11) is 0. The van der Waals surface area contributed by atoms with Gasteiger partial charge >= 0.3 is 5.97 Å². The molecule has 0 amide bonds. The second kappa shape index (κ2) is 5.50. The van der Waals surface area contributed by atoms with Gasteiger partial charge in [-0.05, 0) is 19.9 Å². The molecule has 1 aromatic heterocycles. The zero-order chi connectivity index (χ0) is 11.3. The molecular formula is C10H17N3O2. The standard InChI is InChI=1S/C10H17N3O2/c1-3-4-11-5-9-6-13(7-12-9)8(2)10(14)15/h6-8,11H,3-5H2,1-2H3,(H,14,15). The maximum absolute atomic E-state index is 10.7. The summed E-state index contributed by atoms with van der Waals surface area (Å²) in [4.78, 5) is 14.8. The van der Waals surface area contributed by atoms with Crippen molar-refractivity contribution >= 4 is 5.97 Å². The van der Waals surface area contributed by atoms with Crippen LogP contribution in [0.3, 0.4) is 0 Å². The summed E-state index contributed by atoms with van der Waals surface area (Å²) < 4.78 is 1.60. The molecule has 1 aromatic rings. The Kier molecular flexibility index (Phi) is 4.30. The Balaban J connectivity index is 2.52. The third kappa shape index (κ3) is 3.36. The van der Waals surface area contributed by atoms with Crippen LogP contribution in [0.1, 0.15) is 32.0 Å². The molecule has 15 heavy (non-hydrogen) atoms. The predicted octanol–water partition coefficient (Wildman–Crippen LogP) is 1.03. The highest BCUT2D eigenvalue weighted by Crippen LogP contribution is 2.06. The highest BCUT2D eigenvalue weighted by atomic mass is 16.4. The fraction of sp³-hybridized carbons (Fsp3) is 0.600. The Morgan fingerprint density at radius 1 is 1.73 bits per heavy atom. The van der Waals surface area contributed by atoms with E-state index in [2.05, 4.69) is 17.2 Å². The molecule has 5 nitrogen and oxygen atoms in total. The number of nitrogens with one attached hydrogen (secondary N) is 1. The minimum absolute atomic E-state index is 0.558. The fourth-order valence-electron chi connectivity index (χ4n) is 1.20. The summed E-state index contributed by atoms with van der Waals surface area (Å²) in [5.41, 5.74) is 0.872. The first-order valence-electron chi connectivity index (χ1n) is 5.11. The Labute approximate surface area is 89.1 Å². The summed E-state index contributed by atoms with van der Waals surface area (Å²) in [5.74, 6) is -0.847. The van der Waals surface area contributed by atoms with Gasteiger partial charge in [0.25, 0.3) is 0 Å². The van der Waals surface area contributed by atoms with Crippen molar-refractivity contribution in [3.05, 3.63) is 18.2 Å². The molecule has 0 fully saturated rings. The first-order valence-corrected chi connectivity index (χ1v) is 5.11. The third-order valence-electron chi connectivity index (χ3n) is 2.19. The SMILES string of the molecule is CCCNCc1cn(C(C)C(=O)O)cn1. The van der Waals surface area contributed by atoms with E-state index in [4.69, 9.17) is 5.11 Å². The van der Waals surface area contributed by atoms with Gasteiger partial charge in [-0.25, -0.2) is 9.78 Å². The highest BCUT2D eigenvalue weighted by molar-refractivity contribution is 5.71. The van der Waals surface area contributed by atoms with Crippen LogP contribution >= 0.6 is 0 Å². The van der Waals surface area contributed by atoms with Crippen LogP contribution in [-0.4, -0.2) is 27.2 Å². The predicted molar refractivity (Wildman–Crippen MR) is 56.6 cm³/mol. The number of aromatic nitrogens is 2. The summed E-state index contributed by atoms with van der Waals surface area (Å²) in [5, 5.41) is 12.0. The van der Waals surface area contributed by atoms with Gasteiger partial charge in [0, 0.05) is 12.7 Å². The second-order valence-corrected chi connectivity index (χ2v) is 3.50. The van der Waals surface area contributed by atoms with Crippen molar-refractivity contribution in [2.45, 2.75) is 32.9 Å². The minimum Gasteiger partial charge on any atom is -0.480 e. The van der Waals surface area contributed by atoms with Gasteiger partial charge < -0.3 is 15.0 Å². The molecule has 0 aliphatic carbocycles. The number of hydrogen-bond donors (Lipinski definition) is 2. The van der Waals surface area contributed by atoms with Crippen molar-refractivity contribution in [1.82, 2.24) is 14.9 Å². The largest absolute Gasteiger partial charge is 0.480 e. The molecule has 0 aliphatic heterocycles. The Hall–Kier alpha value is -1.36. The van der Waals surface area contributed by atoms with Crippen LogP contribution in [-0.2, 0) is 11.3 Å². The number of carbonyl (C=O) groups is 1. The Morgan fingerprint density at radius 2 is 2.47 bits per heavy atom. The van der Waals surface area contributed by atoms with E-state index in [0.29, 0.717) is 6.54 Å². The second-order valence-electron chi connectivity index (χ2n) is 3.50. The molecule has 0 aromatic carbocycles. The molecule has 0 radical (unpaired) electrons. The van der Waals surface area contributed by atoms with Gasteiger partial charge in [0.2, 0.25) is 0 Å². The first-order chi connectivity index (χ1) is 7.15. The normalized spacial score (nSPS) is 12.7. The molecule has 1 atom stereocenters. The van der Waals surface area contributed by atoms with E-state index < -0.39 is 12.0 Å². The van der Waals surface area contributed by atoms with E-state index >= 15 is 0 Å². The molecule has 2 N–H and O–H groups in total. The lowest BCUT2D eigenvalue weighted by Gasteiger charge is -2.05. The summed E-state index contributed by atoms with van der Waals surface area (Å²) in [6.45, 7) is 5.36. The van der Waals surface area contributed by atoms with E-state index in [0.717, 1.165) is 18.7 Å². The van der Waals surface area contributed by atoms with E-state index in [-0.39, 0.29) is 0 Å². The van der Waals surface area contributed by atoms with Crippen molar-refractivity contribution in [3.8, 4) is 0 Å². The van der Waals surface area contributed by atoms with Crippen molar-refractivity contribution < 1.29 is 9.90 Å². The van der Waals surface area contributed by atoms with Gasteiger partial charge in [0.15, 0.2) is 0 Å². The van der Waals surface area contributed by atoms with Gasteiger partial charge in [0.1, 0.15) is 6.04 Å². The van der Waals surface area contributed by atoms with Crippen molar-refractivity contribution in [3.63, 3.8) is 0 Å². The molecule has 1 unspecified atom stereocenters. The van der Waals surface area contributed by atoms with Crippen molar-refractivity contribution in [1.29, 1.82) is 0 Å². The van der Waals surface area contributed by atoms with Crippen LogP contribution in [0.25, 0.3) is 0 Å². The van der Waals surface area contributed by atoms with Crippen molar-refractivity contribution in [2.75, 3.05) is 6.54 Å². The van der Waals surface area contributed by atoms with Gasteiger partial charge in [-0.1, -0.05) is 6.92 Å². The molecule has 0 saturated carbocycles. The van der Waals surface area contributed by atoms with Gasteiger partial charge in [-0.2, -0.15) is 0 Å². The average Bonchev–Trinajstić information content (AvgIpc) is 2.65. The first kappa shape index (κ1) is 11.7. The number of hydrogen-bond acceptors (Lipinski definition) is 3. The summed E-state index contributed by atoms with van der Waals surface area (Å²) in [6.07, 6.45) is 4.40. The molecule has 84 valence electrons. The van der Waals surface area contributed by atoms with E-state index in [1.807, 2.05) is 0 Å². The summed E-state index contributed by atoms with van der Waals surface area (Å²) >= 11 is 0. The number of imidazole rings is 1. The molecule has 0 aliphatic rings. The van der Waals surface area contributed by atoms with Crippen LogP contribution < -0.4 is 5.32 Å². The van der Waals surface area contributed by atoms with Crippen molar-refractivity contribution in [2.24, 2.45) is 0 Å². The van der Waals surface area contributed by atoms with Crippen LogP contribution in [0.5, 0.6) is 0 Å². The zero-order valence-corrected chi connectivity index (χ0v) is 9.10. The monoisotopic (exact) mass is 211 g/mol. The number of rotatable bonds is 6. The molecule has 0 saturated heterocycles. The number of nitrogens with zero attached hydrogens (tertiary/aromatic N) is 2. The topological polar surface area (TPSA) is 67.2 Å². The van der Waals surface area contributed by atoms with Crippen LogP contribution in [0.15, 0.2) is 12.5 Å². The molecule has 5 heteroatoms. The molecule has 0 bridgehead atoms. The van der Waals surface area contributed by atoms with Crippen LogP contribution in [0.2, 0.25) is 0 Å². The smallest absolute Gasteiger partial charge is 0.326 e. The quantitative estimate of drug-likeness (QED) is 0.690. The third-order valence-corrected chi connectivity index (χ3v) is 2.19. The van der Waals surface area contributed by atoms with Gasteiger partial charge in [-0.15, -0.1) is 0 Å². The number of carboxylic acids is 1. The molecular weight excluding hydrogens is 194 g/mol. The Morgan fingerprint density at radius 3 is 3.07 bits per heavy atom. The van der Waals surface area contributed by atoms with E-state index in [1.54, 1.807) is 24.0 Å². The fourth-order valence-corrected chi connectivity index (χ4v) is 1.20. The molecule has 0 spiro atoms. The van der Waals surface area contributed by atoms with Gasteiger partial charge in [0.05, 0.1) is 12.0 Å². The lowest BCUT2D eigenvalue weighted by Crippen LogP contribution is -2.15. The minimum atomic E-state index is -0.847. The van der Waals surface area contributed by atoms with Gasteiger partial charge in [-0.3, -0.25) is 0 Å². The molecule has 1 heterocycles. The average molecular weight is 211 g/mol. The lowest BCUT2D eigenvalue weighted by atomic mass is 10.3. The Bertz CT molecular complexity index is 322. The van der Waals surface area contributed by atoms with Crippen LogP contribution in [0.4, 0.5) is 0 Å². The number of aliphatic carboxylic acids is 1. The number of carboxylic acid groups (broad SMARTS) is 1. The van der Waals surface area contributed by atoms with Crippen LogP contribution in [0, 0.1) is 0 Å². The summed E-state index contributed by atoms with van der Waals surface area (Å²) in [6, 6.07) is -0.558. The maximum Gasteiger partial charge on any atom is 0.326 e. The lowest BCUT2D eigenvalue weighted by molar-refractivity contribution is -0.140. The van der Waals surface area contributed by atoms with E-state index in [9.17, 15) is 4.79 Å². The highest BCUT2D eigenvalue weighted by Gasteiger charge is 2.12. The van der Waals surface area contributed by atoms with E-state index in [1.165, 1.54) is 0 Å². The molecule has 1 rings (SSSR count). The zero-order valence-electron chi connectivity index (χ0n) is 9.10. The maximum atomic E-state index is 10.7.